The summed E-state index contributed by atoms with van der Waals surface area (Å²) in [4.78, 5) is 15.6. The van der Waals surface area contributed by atoms with Gasteiger partial charge < -0.3 is 5.32 Å². The van der Waals surface area contributed by atoms with Crippen LogP contribution in [0.1, 0.15) is 16.1 Å². The van der Waals surface area contributed by atoms with Gasteiger partial charge in [-0.05, 0) is 36.2 Å². The number of aromatic nitrogens is 1. The van der Waals surface area contributed by atoms with Crippen LogP contribution in [0.15, 0.2) is 48.7 Å². The fraction of sp³-hybridized carbons (Fsp3) is 0.143. The Morgan fingerprint density at radius 3 is 2.61 bits per heavy atom. The molecule has 1 aromatic heterocycles. The quantitative estimate of drug-likeness (QED) is 0.895. The molecular formula is C14H13FN2O. The van der Waals surface area contributed by atoms with Crippen LogP contribution in [0, 0.1) is 5.82 Å². The van der Waals surface area contributed by atoms with Gasteiger partial charge in [-0.25, -0.2) is 4.39 Å². The summed E-state index contributed by atoms with van der Waals surface area (Å²) < 4.78 is 12.7. The molecule has 2 rings (SSSR count). The molecule has 0 radical (unpaired) electrons. The molecule has 0 aliphatic carbocycles. The maximum Gasteiger partial charge on any atom is 0.269 e. The standard InChI is InChI=1S/C14H13FN2O/c15-12-6-4-11(5-7-12)8-10-17-14(18)13-3-1-2-9-16-13/h1-7,9H,8,10H2,(H,17,18). The highest BCUT2D eigenvalue weighted by Gasteiger charge is 2.04. The number of pyridine rings is 1. The Balaban J connectivity index is 1.82. The van der Waals surface area contributed by atoms with Crippen molar-refractivity contribution >= 4 is 5.91 Å². The van der Waals surface area contributed by atoms with Crippen LogP contribution in [0.3, 0.4) is 0 Å². The minimum atomic E-state index is -0.253. The van der Waals surface area contributed by atoms with E-state index in [1.165, 1.54) is 12.1 Å². The van der Waals surface area contributed by atoms with Gasteiger partial charge in [-0.3, -0.25) is 9.78 Å². The number of rotatable bonds is 4. The third-order valence-electron chi connectivity index (χ3n) is 2.51. The van der Waals surface area contributed by atoms with Crippen molar-refractivity contribution in [3.05, 3.63) is 65.7 Å². The molecule has 1 amide bonds. The van der Waals surface area contributed by atoms with Gasteiger partial charge in [0.05, 0.1) is 0 Å². The van der Waals surface area contributed by atoms with Crippen LogP contribution in [0.25, 0.3) is 0 Å². The third-order valence-corrected chi connectivity index (χ3v) is 2.51. The maximum atomic E-state index is 12.7. The van der Waals surface area contributed by atoms with Crippen molar-refractivity contribution in [2.45, 2.75) is 6.42 Å². The molecule has 0 saturated heterocycles. The Labute approximate surface area is 105 Å². The van der Waals surface area contributed by atoms with E-state index in [1.54, 1.807) is 36.5 Å². The molecule has 1 N–H and O–H groups in total. The van der Waals surface area contributed by atoms with Gasteiger partial charge >= 0.3 is 0 Å². The van der Waals surface area contributed by atoms with Crippen LogP contribution in [-0.4, -0.2) is 17.4 Å². The summed E-state index contributed by atoms with van der Waals surface area (Å²) in [6.07, 6.45) is 2.24. The maximum absolute atomic E-state index is 12.7. The van der Waals surface area contributed by atoms with E-state index < -0.39 is 0 Å². The molecule has 4 heteroatoms. The molecule has 0 unspecified atom stereocenters. The topological polar surface area (TPSA) is 42.0 Å². The van der Waals surface area contributed by atoms with Crippen molar-refractivity contribution in [1.29, 1.82) is 0 Å². The van der Waals surface area contributed by atoms with E-state index in [1.807, 2.05) is 0 Å². The van der Waals surface area contributed by atoms with Crippen molar-refractivity contribution in [3.8, 4) is 0 Å². The molecule has 0 aliphatic heterocycles. The molecule has 0 aliphatic rings. The number of halogens is 1. The van der Waals surface area contributed by atoms with Gasteiger partial charge in [-0.1, -0.05) is 18.2 Å². The summed E-state index contributed by atoms with van der Waals surface area (Å²) in [5.41, 5.74) is 1.38. The van der Waals surface area contributed by atoms with Crippen LogP contribution in [-0.2, 0) is 6.42 Å². The fourth-order valence-corrected chi connectivity index (χ4v) is 1.56. The summed E-state index contributed by atoms with van der Waals surface area (Å²) in [5, 5.41) is 2.77. The first-order valence-corrected chi connectivity index (χ1v) is 5.69. The number of amides is 1. The average Bonchev–Trinajstić information content (AvgIpc) is 2.42. The largest absolute Gasteiger partial charge is 0.350 e. The highest BCUT2D eigenvalue weighted by atomic mass is 19.1. The fourth-order valence-electron chi connectivity index (χ4n) is 1.56. The van der Waals surface area contributed by atoms with Crippen molar-refractivity contribution in [2.75, 3.05) is 6.54 Å². The van der Waals surface area contributed by atoms with Gasteiger partial charge in [-0.2, -0.15) is 0 Å². The number of benzene rings is 1. The summed E-state index contributed by atoms with van der Waals surface area (Å²) in [6.45, 7) is 0.501. The summed E-state index contributed by atoms with van der Waals surface area (Å²) >= 11 is 0. The molecule has 92 valence electrons. The average molecular weight is 244 g/mol. The Hall–Kier alpha value is -2.23. The van der Waals surface area contributed by atoms with Crippen LogP contribution in [0.5, 0.6) is 0 Å². The third kappa shape index (κ3) is 3.38. The van der Waals surface area contributed by atoms with E-state index in [-0.39, 0.29) is 11.7 Å². The lowest BCUT2D eigenvalue weighted by molar-refractivity contribution is 0.0949. The number of hydrogen-bond donors (Lipinski definition) is 1. The molecule has 2 aromatic rings. The molecule has 1 aromatic carbocycles. The molecule has 0 atom stereocenters. The lowest BCUT2D eigenvalue weighted by Crippen LogP contribution is -2.26. The minimum Gasteiger partial charge on any atom is -0.350 e. The van der Waals surface area contributed by atoms with Gasteiger partial charge in [0.1, 0.15) is 11.5 Å². The second-order valence-electron chi connectivity index (χ2n) is 3.85. The van der Waals surface area contributed by atoms with Gasteiger partial charge in [-0.15, -0.1) is 0 Å². The monoisotopic (exact) mass is 244 g/mol. The predicted octanol–water partition coefficient (Wildman–Crippen LogP) is 2.19. The lowest BCUT2D eigenvalue weighted by Gasteiger charge is -2.04. The van der Waals surface area contributed by atoms with Crippen molar-refractivity contribution in [3.63, 3.8) is 0 Å². The molecule has 18 heavy (non-hydrogen) atoms. The highest BCUT2D eigenvalue weighted by molar-refractivity contribution is 5.92. The smallest absolute Gasteiger partial charge is 0.269 e. The van der Waals surface area contributed by atoms with Crippen molar-refractivity contribution in [1.82, 2.24) is 10.3 Å². The van der Waals surface area contributed by atoms with Crippen LogP contribution >= 0.6 is 0 Å². The Morgan fingerprint density at radius 2 is 1.94 bits per heavy atom. The Morgan fingerprint density at radius 1 is 1.17 bits per heavy atom. The first-order chi connectivity index (χ1) is 8.75. The normalized spacial score (nSPS) is 10.1. The van der Waals surface area contributed by atoms with Gasteiger partial charge in [0.25, 0.3) is 5.91 Å². The van der Waals surface area contributed by atoms with Gasteiger partial charge in [0.2, 0.25) is 0 Å². The van der Waals surface area contributed by atoms with Crippen molar-refractivity contribution in [2.24, 2.45) is 0 Å². The van der Waals surface area contributed by atoms with E-state index in [0.29, 0.717) is 18.7 Å². The summed E-state index contributed by atoms with van der Waals surface area (Å²) in [6, 6.07) is 11.4. The molecule has 0 fully saturated rings. The van der Waals surface area contributed by atoms with Crippen LogP contribution in [0.2, 0.25) is 0 Å². The molecule has 1 heterocycles. The van der Waals surface area contributed by atoms with E-state index in [9.17, 15) is 9.18 Å². The summed E-state index contributed by atoms with van der Waals surface area (Å²) in [5.74, 6) is -0.450. The van der Waals surface area contributed by atoms with Crippen molar-refractivity contribution < 1.29 is 9.18 Å². The zero-order valence-corrected chi connectivity index (χ0v) is 9.77. The Kier molecular flexibility index (Phi) is 4.02. The zero-order chi connectivity index (χ0) is 12.8. The zero-order valence-electron chi connectivity index (χ0n) is 9.77. The first kappa shape index (κ1) is 12.2. The number of nitrogens with zero attached hydrogens (tertiary/aromatic N) is 1. The number of carbonyl (C=O) groups is 1. The molecule has 0 saturated carbocycles. The molecule has 3 nitrogen and oxygen atoms in total. The van der Waals surface area contributed by atoms with Gasteiger partial charge in [0.15, 0.2) is 0 Å². The second-order valence-corrected chi connectivity index (χ2v) is 3.85. The lowest BCUT2D eigenvalue weighted by atomic mass is 10.1. The van der Waals surface area contributed by atoms with Crippen LogP contribution < -0.4 is 5.32 Å². The molecular weight excluding hydrogens is 231 g/mol. The Bertz CT molecular complexity index is 511. The molecule has 0 spiro atoms. The number of nitrogens with one attached hydrogen (secondary N) is 1. The van der Waals surface area contributed by atoms with E-state index in [4.69, 9.17) is 0 Å². The van der Waals surface area contributed by atoms with Gasteiger partial charge in [0, 0.05) is 12.7 Å². The second kappa shape index (κ2) is 5.91. The SMILES string of the molecule is O=C(NCCc1ccc(F)cc1)c1ccccn1. The highest BCUT2D eigenvalue weighted by Crippen LogP contribution is 2.03. The molecule has 0 bridgehead atoms. The predicted molar refractivity (Wildman–Crippen MR) is 66.7 cm³/mol. The summed E-state index contributed by atoms with van der Waals surface area (Å²) in [7, 11) is 0. The number of carbonyl (C=O) groups excluding carboxylic acids is 1. The minimum absolute atomic E-state index is 0.197. The van der Waals surface area contributed by atoms with E-state index in [0.717, 1.165) is 5.56 Å². The number of hydrogen-bond acceptors (Lipinski definition) is 2. The van der Waals surface area contributed by atoms with Crippen LogP contribution in [0.4, 0.5) is 4.39 Å². The van der Waals surface area contributed by atoms with E-state index in [2.05, 4.69) is 10.3 Å². The first-order valence-electron chi connectivity index (χ1n) is 5.69. The van der Waals surface area contributed by atoms with E-state index >= 15 is 0 Å².